The van der Waals surface area contributed by atoms with E-state index in [4.69, 9.17) is 26.3 Å². The quantitative estimate of drug-likeness (QED) is 0.210. The van der Waals surface area contributed by atoms with E-state index < -0.39 is 5.97 Å². The maximum absolute atomic E-state index is 10.9. The number of nitrogens with zero attached hydrogens (tertiary/aromatic N) is 1. The molecule has 0 heterocycles. The molecule has 84 valence electrons. The lowest BCUT2D eigenvalue weighted by Crippen LogP contribution is -2.08. The van der Waals surface area contributed by atoms with Gasteiger partial charge in [0, 0.05) is 12.5 Å². The monoisotopic (exact) mass is 231 g/mol. The lowest BCUT2D eigenvalue weighted by molar-refractivity contribution is -0.138. The number of carbonyl (C=O) groups excluding carboxylic acids is 1. The van der Waals surface area contributed by atoms with Gasteiger partial charge in [-0.15, -0.1) is 11.6 Å². The first-order chi connectivity index (χ1) is 7.22. The maximum atomic E-state index is 10.9. The van der Waals surface area contributed by atoms with Gasteiger partial charge in [-0.25, -0.2) is 4.79 Å². The van der Waals surface area contributed by atoms with E-state index >= 15 is 0 Å². The molecule has 0 aromatic heterocycles. The highest BCUT2D eigenvalue weighted by Gasteiger charge is 2.05. The van der Waals surface area contributed by atoms with Crippen molar-refractivity contribution in [2.24, 2.45) is 0 Å². The summed E-state index contributed by atoms with van der Waals surface area (Å²) in [7, 11) is 0. The van der Waals surface area contributed by atoms with Gasteiger partial charge in [0.25, 0.3) is 0 Å². The molecule has 15 heavy (non-hydrogen) atoms. The van der Waals surface area contributed by atoms with Crippen molar-refractivity contribution in [3.63, 3.8) is 0 Å². The first-order valence-corrected chi connectivity index (χ1v) is 5.15. The van der Waals surface area contributed by atoms with Crippen LogP contribution in [0, 0.1) is 11.3 Å². The van der Waals surface area contributed by atoms with Crippen molar-refractivity contribution in [2.75, 3.05) is 25.7 Å². The van der Waals surface area contributed by atoms with E-state index in [0.717, 1.165) is 6.42 Å². The fourth-order valence-corrected chi connectivity index (χ4v) is 0.870. The largest absolute Gasteiger partial charge is 0.462 e. The first kappa shape index (κ1) is 13.9. The number of esters is 1. The second kappa shape index (κ2) is 9.50. The fraction of sp³-hybridized carbons (Fsp3) is 0.600. The van der Waals surface area contributed by atoms with E-state index in [9.17, 15) is 4.79 Å². The van der Waals surface area contributed by atoms with Crippen LogP contribution in [0.2, 0.25) is 0 Å². The minimum Gasteiger partial charge on any atom is -0.462 e. The van der Waals surface area contributed by atoms with E-state index in [0.29, 0.717) is 25.5 Å². The zero-order chi connectivity index (χ0) is 11.5. The summed E-state index contributed by atoms with van der Waals surface area (Å²) >= 11 is 5.40. The number of hydrogen-bond donors (Lipinski definition) is 0. The van der Waals surface area contributed by atoms with Gasteiger partial charge in [0.05, 0.1) is 13.2 Å². The average molecular weight is 232 g/mol. The van der Waals surface area contributed by atoms with Gasteiger partial charge in [0.1, 0.15) is 11.6 Å². The van der Waals surface area contributed by atoms with Crippen LogP contribution in [0.3, 0.4) is 0 Å². The third-order valence-electron chi connectivity index (χ3n) is 1.52. The molecule has 0 amide bonds. The van der Waals surface area contributed by atoms with E-state index in [1.165, 1.54) is 0 Å². The van der Waals surface area contributed by atoms with Crippen LogP contribution in [0.25, 0.3) is 0 Å². The molecule has 0 saturated heterocycles. The van der Waals surface area contributed by atoms with Crippen molar-refractivity contribution < 1.29 is 14.3 Å². The number of rotatable bonds is 8. The number of alkyl halides is 1. The van der Waals surface area contributed by atoms with Gasteiger partial charge in [-0.3, -0.25) is 0 Å². The van der Waals surface area contributed by atoms with Crippen LogP contribution < -0.4 is 0 Å². The molecule has 0 aromatic carbocycles. The van der Waals surface area contributed by atoms with Crippen molar-refractivity contribution in [3.05, 3.63) is 12.2 Å². The SMILES string of the molecule is C=C(C#N)C(=O)OCCCCOCCCl. The Morgan fingerprint density at radius 1 is 1.33 bits per heavy atom. The Labute approximate surface area is 94.4 Å². The Bertz CT molecular complexity index is 248. The third-order valence-corrected chi connectivity index (χ3v) is 1.67. The second-order valence-electron chi connectivity index (χ2n) is 2.73. The Morgan fingerprint density at radius 2 is 2.00 bits per heavy atom. The van der Waals surface area contributed by atoms with Crippen LogP contribution in [-0.2, 0) is 14.3 Å². The molecule has 0 atom stereocenters. The zero-order valence-electron chi connectivity index (χ0n) is 8.50. The summed E-state index contributed by atoms with van der Waals surface area (Å²) in [5, 5.41) is 8.32. The molecule has 0 saturated carbocycles. The number of hydrogen-bond acceptors (Lipinski definition) is 4. The van der Waals surface area contributed by atoms with Gasteiger partial charge in [-0.2, -0.15) is 5.26 Å². The maximum Gasteiger partial charge on any atom is 0.348 e. The second-order valence-corrected chi connectivity index (χ2v) is 3.11. The smallest absolute Gasteiger partial charge is 0.348 e. The molecule has 0 N–H and O–H groups in total. The van der Waals surface area contributed by atoms with Crippen molar-refractivity contribution in [3.8, 4) is 6.07 Å². The number of unbranched alkanes of at least 4 members (excludes halogenated alkanes) is 1. The standard InChI is InChI=1S/C10H14ClNO3/c1-9(8-12)10(13)15-6-3-2-5-14-7-4-11/h1-7H2. The van der Waals surface area contributed by atoms with Gasteiger partial charge in [-0.05, 0) is 12.8 Å². The van der Waals surface area contributed by atoms with E-state index in [2.05, 4.69) is 6.58 Å². The predicted molar refractivity (Wildman–Crippen MR) is 56.5 cm³/mol. The zero-order valence-corrected chi connectivity index (χ0v) is 9.26. The summed E-state index contributed by atoms with van der Waals surface area (Å²) in [6, 6.07) is 1.63. The van der Waals surface area contributed by atoms with E-state index in [1.807, 2.05) is 0 Å². The Hall–Kier alpha value is -1.05. The Balaban J connectivity index is 3.28. The molecular weight excluding hydrogens is 218 g/mol. The summed E-state index contributed by atoms with van der Waals surface area (Å²) in [5.41, 5.74) is -0.173. The van der Waals surface area contributed by atoms with Gasteiger partial charge < -0.3 is 9.47 Å². The minimum absolute atomic E-state index is 0.173. The molecule has 4 nitrogen and oxygen atoms in total. The van der Waals surface area contributed by atoms with Crippen molar-refractivity contribution >= 4 is 17.6 Å². The predicted octanol–water partition coefficient (Wildman–Crippen LogP) is 1.64. The van der Waals surface area contributed by atoms with Crippen molar-refractivity contribution in [1.82, 2.24) is 0 Å². The first-order valence-electron chi connectivity index (χ1n) is 4.62. The topological polar surface area (TPSA) is 59.3 Å². The van der Waals surface area contributed by atoms with Gasteiger partial charge in [0.15, 0.2) is 0 Å². The van der Waals surface area contributed by atoms with Gasteiger partial charge in [0.2, 0.25) is 0 Å². The summed E-state index contributed by atoms with van der Waals surface area (Å²) in [6.07, 6.45) is 1.50. The molecule has 0 radical (unpaired) electrons. The summed E-state index contributed by atoms with van der Waals surface area (Å²) in [5.74, 6) is -0.170. The van der Waals surface area contributed by atoms with Gasteiger partial charge >= 0.3 is 5.97 Å². The Kier molecular flexibility index (Phi) is 8.84. The molecule has 0 aromatic rings. The van der Waals surface area contributed by atoms with E-state index in [1.54, 1.807) is 6.07 Å². The highest BCUT2D eigenvalue weighted by Crippen LogP contribution is 1.96. The van der Waals surface area contributed by atoms with Gasteiger partial charge in [-0.1, -0.05) is 6.58 Å². The molecule has 0 aliphatic heterocycles. The number of ether oxygens (including phenoxy) is 2. The molecule has 0 bridgehead atoms. The molecule has 0 fully saturated rings. The highest BCUT2D eigenvalue weighted by atomic mass is 35.5. The summed E-state index contributed by atoms with van der Waals surface area (Å²) in [4.78, 5) is 10.9. The van der Waals surface area contributed by atoms with Crippen LogP contribution in [0.5, 0.6) is 0 Å². The van der Waals surface area contributed by atoms with Crippen LogP contribution >= 0.6 is 11.6 Å². The van der Waals surface area contributed by atoms with Crippen molar-refractivity contribution in [1.29, 1.82) is 5.26 Å². The van der Waals surface area contributed by atoms with Crippen LogP contribution in [0.1, 0.15) is 12.8 Å². The fourth-order valence-electron chi connectivity index (χ4n) is 0.760. The average Bonchev–Trinajstić information content (AvgIpc) is 2.26. The van der Waals surface area contributed by atoms with Crippen LogP contribution in [0.4, 0.5) is 0 Å². The summed E-state index contributed by atoms with van der Waals surface area (Å²) in [6.45, 7) is 4.65. The Morgan fingerprint density at radius 3 is 2.60 bits per heavy atom. The molecule has 0 aliphatic carbocycles. The lowest BCUT2D eigenvalue weighted by Gasteiger charge is -2.03. The number of halogens is 1. The summed E-state index contributed by atoms with van der Waals surface area (Å²) < 4.78 is 9.87. The van der Waals surface area contributed by atoms with E-state index in [-0.39, 0.29) is 12.2 Å². The molecule has 0 rings (SSSR count). The highest BCUT2D eigenvalue weighted by molar-refractivity contribution is 6.17. The minimum atomic E-state index is -0.654. The van der Waals surface area contributed by atoms with Crippen LogP contribution in [-0.4, -0.2) is 31.7 Å². The number of carbonyl (C=O) groups is 1. The molecule has 0 unspecified atom stereocenters. The molecule has 5 heteroatoms. The lowest BCUT2D eigenvalue weighted by atomic mass is 10.3. The van der Waals surface area contributed by atoms with Crippen molar-refractivity contribution in [2.45, 2.75) is 12.8 Å². The molecule has 0 spiro atoms. The normalized spacial score (nSPS) is 9.33. The molecule has 0 aliphatic rings. The number of nitriles is 1. The third kappa shape index (κ3) is 7.98. The van der Waals surface area contributed by atoms with Crippen LogP contribution in [0.15, 0.2) is 12.2 Å². The molecular formula is C10H14ClNO3.